The van der Waals surface area contributed by atoms with Crippen molar-refractivity contribution >= 4 is 34.8 Å². The van der Waals surface area contributed by atoms with E-state index in [2.05, 4.69) is 24.5 Å². The van der Waals surface area contributed by atoms with Gasteiger partial charge in [0.05, 0.1) is 43.0 Å². The molecule has 0 atom stereocenters. The Hall–Kier alpha value is -3.13. The summed E-state index contributed by atoms with van der Waals surface area (Å²) < 4.78 is 17.3. The summed E-state index contributed by atoms with van der Waals surface area (Å²) in [5.74, 6) is 1.88. The van der Waals surface area contributed by atoms with Gasteiger partial charge in [-0.25, -0.2) is 0 Å². The summed E-state index contributed by atoms with van der Waals surface area (Å²) in [6, 6.07) is 10.8. The van der Waals surface area contributed by atoms with E-state index in [4.69, 9.17) is 14.2 Å². The van der Waals surface area contributed by atoms with E-state index in [0.29, 0.717) is 53.2 Å². The highest BCUT2D eigenvalue weighted by Gasteiger charge is 2.12. The van der Waals surface area contributed by atoms with Crippen molar-refractivity contribution in [2.75, 3.05) is 43.0 Å². The van der Waals surface area contributed by atoms with Gasteiger partial charge in [0.25, 0.3) is 0 Å². The van der Waals surface area contributed by atoms with E-state index in [-0.39, 0.29) is 11.7 Å². The molecular weight excluding hydrogens is 560 g/mol. The molecule has 0 heterocycles. The van der Waals surface area contributed by atoms with Crippen LogP contribution in [0.1, 0.15) is 101 Å². The van der Waals surface area contributed by atoms with E-state index < -0.39 is 0 Å². The Balaban J connectivity index is 1.97. The van der Waals surface area contributed by atoms with E-state index in [9.17, 15) is 9.59 Å². The zero-order chi connectivity index (χ0) is 31.1. The van der Waals surface area contributed by atoms with Gasteiger partial charge in [0.1, 0.15) is 17.2 Å². The van der Waals surface area contributed by atoms with Gasteiger partial charge in [-0.15, -0.1) is 0 Å². The van der Waals surface area contributed by atoms with Crippen LogP contribution in [0.5, 0.6) is 17.2 Å². The highest BCUT2D eigenvalue weighted by atomic mass is 32.2. The SMILES string of the molecule is CCCCCCCCOc1ccc(N/C=C/C(=O)c2ccc(OCCCCCCCC)cc2OC)c(NC(=O)CSC)c1. The molecule has 0 fully saturated rings. The molecular formula is C35H52N2O5S. The van der Waals surface area contributed by atoms with E-state index >= 15 is 0 Å². The number of benzene rings is 2. The summed E-state index contributed by atoms with van der Waals surface area (Å²) >= 11 is 1.45. The summed E-state index contributed by atoms with van der Waals surface area (Å²) in [6.45, 7) is 5.71. The fourth-order valence-corrected chi connectivity index (χ4v) is 4.90. The molecule has 7 nitrogen and oxygen atoms in total. The van der Waals surface area contributed by atoms with E-state index in [1.807, 2.05) is 24.5 Å². The maximum atomic E-state index is 13.0. The molecule has 0 aliphatic carbocycles. The Morgan fingerprint density at radius 1 is 0.767 bits per heavy atom. The fourth-order valence-electron chi connectivity index (χ4n) is 4.57. The van der Waals surface area contributed by atoms with E-state index in [0.717, 1.165) is 25.7 Å². The Kier molecular flexibility index (Phi) is 18.8. The molecule has 0 aliphatic heterocycles. The Morgan fingerprint density at radius 3 is 1.95 bits per heavy atom. The largest absolute Gasteiger partial charge is 0.496 e. The quantitative estimate of drug-likeness (QED) is 0.0694. The molecule has 8 heteroatoms. The number of carbonyl (C=O) groups excluding carboxylic acids is 2. The van der Waals surface area contributed by atoms with Gasteiger partial charge in [-0.05, 0) is 43.4 Å². The van der Waals surface area contributed by atoms with Crippen molar-refractivity contribution in [3.63, 3.8) is 0 Å². The molecule has 0 saturated heterocycles. The lowest BCUT2D eigenvalue weighted by Crippen LogP contribution is -2.15. The maximum absolute atomic E-state index is 13.0. The third-order valence-electron chi connectivity index (χ3n) is 6.99. The van der Waals surface area contributed by atoms with Crippen LogP contribution >= 0.6 is 11.8 Å². The minimum atomic E-state index is -0.210. The van der Waals surface area contributed by atoms with Gasteiger partial charge < -0.3 is 24.8 Å². The molecule has 0 aromatic heterocycles. The molecule has 2 aromatic rings. The Bertz CT molecular complexity index is 1120. The van der Waals surface area contributed by atoms with Gasteiger partial charge in [-0.1, -0.05) is 78.1 Å². The molecule has 2 aromatic carbocycles. The number of ketones is 1. The topological polar surface area (TPSA) is 85.9 Å². The Morgan fingerprint density at radius 2 is 1.35 bits per heavy atom. The first-order valence-corrected chi connectivity index (χ1v) is 17.3. The van der Waals surface area contributed by atoms with Crippen molar-refractivity contribution in [3.8, 4) is 17.2 Å². The Labute approximate surface area is 263 Å². The van der Waals surface area contributed by atoms with Gasteiger partial charge in [0, 0.05) is 24.4 Å². The summed E-state index contributed by atoms with van der Waals surface area (Å²) in [7, 11) is 1.55. The number of hydrogen-bond donors (Lipinski definition) is 2. The molecule has 0 radical (unpaired) electrons. The summed E-state index contributed by atoms with van der Waals surface area (Å²) in [6.07, 6.45) is 19.3. The van der Waals surface area contributed by atoms with Crippen LogP contribution in [-0.2, 0) is 4.79 Å². The third-order valence-corrected chi connectivity index (χ3v) is 7.54. The number of rotatable bonds is 24. The molecule has 0 unspecified atom stereocenters. The minimum absolute atomic E-state index is 0.104. The number of anilines is 2. The molecule has 43 heavy (non-hydrogen) atoms. The predicted molar refractivity (Wildman–Crippen MR) is 181 cm³/mol. The van der Waals surface area contributed by atoms with Crippen molar-refractivity contribution in [2.45, 2.75) is 90.9 Å². The molecule has 1 amide bonds. The standard InChI is InChI=1S/C35H52N2O5S/c1-5-7-9-11-13-15-23-41-28-18-20-31(32(25-28)37-35(39)27-43-4)36-22-21-33(38)30-19-17-29(26-34(30)40-3)42-24-16-14-12-10-8-6-2/h17-22,25-26,36H,5-16,23-24,27H2,1-4H3,(H,37,39)/b22-21+. The van der Waals surface area contributed by atoms with Gasteiger partial charge in [0.2, 0.25) is 5.91 Å². The van der Waals surface area contributed by atoms with Crippen molar-refractivity contribution in [2.24, 2.45) is 0 Å². The number of allylic oxidation sites excluding steroid dienone is 1. The van der Waals surface area contributed by atoms with E-state index in [1.165, 1.54) is 69.2 Å². The average molecular weight is 613 g/mol. The van der Waals surface area contributed by atoms with Crippen molar-refractivity contribution < 1.29 is 23.8 Å². The van der Waals surface area contributed by atoms with Crippen LogP contribution in [0.3, 0.4) is 0 Å². The molecule has 0 saturated carbocycles. The smallest absolute Gasteiger partial charge is 0.234 e. The second kappa shape index (κ2) is 22.4. The van der Waals surface area contributed by atoms with Crippen LogP contribution in [0.2, 0.25) is 0 Å². The second-order valence-corrected chi connectivity index (χ2v) is 11.5. The number of ether oxygens (including phenoxy) is 3. The number of thioether (sulfide) groups is 1. The molecule has 0 spiro atoms. The number of unbranched alkanes of at least 4 members (excludes halogenated alkanes) is 10. The van der Waals surface area contributed by atoms with Gasteiger partial charge in [-0.2, -0.15) is 11.8 Å². The second-order valence-electron chi connectivity index (χ2n) is 10.6. The third kappa shape index (κ3) is 14.7. The number of nitrogens with one attached hydrogen (secondary N) is 2. The average Bonchev–Trinajstić information content (AvgIpc) is 3.01. The first kappa shape index (κ1) is 36.1. The minimum Gasteiger partial charge on any atom is -0.496 e. The predicted octanol–water partition coefficient (Wildman–Crippen LogP) is 9.28. The number of hydrogen-bond acceptors (Lipinski definition) is 7. The van der Waals surface area contributed by atoms with Crippen molar-refractivity contribution in [1.82, 2.24) is 0 Å². The van der Waals surface area contributed by atoms with Gasteiger partial charge >= 0.3 is 0 Å². The lowest BCUT2D eigenvalue weighted by molar-refractivity contribution is -0.113. The molecule has 238 valence electrons. The molecule has 2 N–H and O–H groups in total. The van der Waals surface area contributed by atoms with Crippen LogP contribution in [0.25, 0.3) is 0 Å². The fraction of sp³-hybridized carbons (Fsp3) is 0.543. The normalized spacial score (nSPS) is 11.0. The van der Waals surface area contributed by atoms with Crippen molar-refractivity contribution in [3.05, 3.63) is 54.2 Å². The van der Waals surface area contributed by atoms with Crippen LogP contribution < -0.4 is 24.8 Å². The van der Waals surface area contributed by atoms with Crippen LogP contribution in [0, 0.1) is 0 Å². The molecule has 0 aliphatic rings. The monoisotopic (exact) mass is 612 g/mol. The first-order valence-electron chi connectivity index (χ1n) is 15.9. The summed E-state index contributed by atoms with van der Waals surface area (Å²) in [5, 5.41) is 6.09. The zero-order valence-electron chi connectivity index (χ0n) is 26.7. The van der Waals surface area contributed by atoms with Gasteiger partial charge in [0.15, 0.2) is 5.78 Å². The zero-order valence-corrected chi connectivity index (χ0v) is 27.5. The number of amides is 1. The van der Waals surface area contributed by atoms with Crippen LogP contribution in [-0.4, -0.2) is 44.0 Å². The maximum Gasteiger partial charge on any atom is 0.234 e. The highest BCUT2D eigenvalue weighted by molar-refractivity contribution is 7.99. The molecule has 2 rings (SSSR count). The lowest BCUT2D eigenvalue weighted by Gasteiger charge is -2.14. The van der Waals surface area contributed by atoms with Crippen LogP contribution in [0.15, 0.2) is 48.7 Å². The van der Waals surface area contributed by atoms with Gasteiger partial charge in [-0.3, -0.25) is 9.59 Å². The summed E-state index contributed by atoms with van der Waals surface area (Å²) in [5.41, 5.74) is 1.70. The number of methoxy groups -OCH3 is 1. The van der Waals surface area contributed by atoms with Crippen molar-refractivity contribution in [1.29, 1.82) is 0 Å². The first-order chi connectivity index (χ1) is 21.0. The van der Waals surface area contributed by atoms with Crippen LogP contribution in [0.4, 0.5) is 11.4 Å². The molecule has 0 bridgehead atoms. The van der Waals surface area contributed by atoms with E-state index in [1.54, 1.807) is 31.5 Å². The summed E-state index contributed by atoms with van der Waals surface area (Å²) in [4.78, 5) is 25.4. The lowest BCUT2D eigenvalue weighted by atomic mass is 10.1. The number of carbonyl (C=O) groups is 2. The highest BCUT2D eigenvalue weighted by Crippen LogP contribution is 2.29.